The van der Waals surface area contributed by atoms with E-state index < -0.39 is 10.0 Å². The van der Waals surface area contributed by atoms with Crippen LogP contribution in [-0.2, 0) is 19.6 Å². The van der Waals surface area contributed by atoms with Crippen LogP contribution in [0.3, 0.4) is 0 Å². The molecule has 0 radical (unpaired) electrons. The van der Waals surface area contributed by atoms with Crippen molar-refractivity contribution in [2.24, 2.45) is 5.92 Å². The third-order valence-corrected chi connectivity index (χ3v) is 8.79. The first-order valence-corrected chi connectivity index (χ1v) is 12.3. The Labute approximate surface area is 171 Å². The van der Waals surface area contributed by atoms with E-state index in [1.165, 1.54) is 19.5 Å². The molecule has 9 heteroatoms. The number of carbonyl (C=O) groups is 2. The minimum absolute atomic E-state index is 0.0314. The number of hydrogen-bond acceptors (Lipinski definition) is 5. The number of sulfonamides is 1. The molecule has 0 aromatic carbocycles. The molecule has 3 rings (SSSR count). The van der Waals surface area contributed by atoms with E-state index in [1.807, 2.05) is 0 Å². The summed E-state index contributed by atoms with van der Waals surface area (Å²) in [4.78, 5) is 26.9. The maximum absolute atomic E-state index is 12.7. The first-order valence-electron chi connectivity index (χ1n) is 9.96. The summed E-state index contributed by atoms with van der Waals surface area (Å²) >= 11 is 1.13. The molecule has 1 saturated carbocycles. The average Bonchev–Trinajstić information content (AvgIpc) is 3.24. The van der Waals surface area contributed by atoms with Gasteiger partial charge in [0.25, 0.3) is 10.0 Å². The second-order valence-corrected chi connectivity index (χ2v) is 10.9. The zero-order valence-corrected chi connectivity index (χ0v) is 17.9. The van der Waals surface area contributed by atoms with Crippen molar-refractivity contribution in [1.82, 2.24) is 14.5 Å². The van der Waals surface area contributed by atoms with Crippen LogP contribution in [0.4, 0.5) is 0 Å². The van der Waals surface area contributed by atoms with Gasteiger partial charge in [0.05, 0.1) is 12.5 Å². The van der Waals surface area contributed by atoms with Gasteiger partial charge in [-0.05, 0) is 37.1 Å². The number of nitrogens with one attached hydrogen (secondary N) is 1. The fourth-order valence-corrected chi connectivity index (χ4v) is 6.24. The maximum atomic E-state index is 12.7. The molecule has 1 aromatic rings. The maximum Gasteiger partial charge on any atom is 0.252 e. The minimum atomic E-state index is -3.65. The molecule has 2 aliphatic rings. The lowest BCUT2D eigenvalue weighted by Crippen LogP contribution is -2.50. The van der Waals surface area contributed by atoms with Gasteiger partial charge < -0.3 is 10.2 Å². The van der Waals surface area contributed by atoms with Crippen molar-refractivity contribution in [3.8, 4) is 0 Å². The van der Waals surface area contributed by atoms with E-state index in [9.17, 15) is 18.0 Å². The van der Waals surface area contributed by atoms with E-state index in [0.717, 1.165) is 54.2 Å². The fourth-order valence-electron chi connectivity index (χ4n) is 3.92. The second-order valence-electron chi connectivity index (χ2n) is 7.72. The van der Waals surface area contributed by atoms with Crippen molar-refractivity contribution in [2.75, 3.05) is 26.7 Å². The molecule has 1 unspecified atom stereocenters. The minimum Gasteiger partial charge on any atom is -0.353 e. The topological polar surface area (TPSA) is 86.8 Å². The van der Waals surface area contributed by atoms with Crippen LogP contribution in [0.2, 0.25) is 0 Å². The SMILES string of the molecule is CN(CC(=O)N1CCCC(C(=O)NC2CCCCC2)C1)S(=O)(=O)c1cccs1. The fraction of sp³-hybridized carbons (Fsp3) is 0.684. The monoisotopic (exact) mass is 427 g/mol. The molecule has 1 saturated heterocycles. The van der Waals surface area contributed by atoms with Gasteiger partial charge in [0.15, 0.2) is 0 Å². The first kappa shape index (κ1) is 21.3. The molecule has 2 amide bonds. The van der Waals surface area contributed by atoms with Gasteiger partial charge >= 0.3 is 0 Å². The van der Waals surface area contributed by atoms with Crippen LogP contribution in [-0.4, -0.2) is 62.2 Å². The molecule has 156 valence electrons. The highest BCUT2D eigenvalue weighted by Gasteiger charge is 2.32. The molecule has 28 heavy (non-hydrogen) atoms. The van der Waals surface area contributed by atoms with E-state index in [1.54, 1.807) is 16.3 Å². The summed E-state index contributed by atoms with van der Waals surface area (Å²) in [7, 11) is -2.23. The highest BCUT2D eigenvalue weighted by Crippen LogP contribution is 2.22. The second kappa shape index (κ2) is 9.37. The van der Waals surface area contributed by atoms with Gasteiger partial charge in [0, 0.05) is 26.2 Å². The Morgan fingerprint density at radius 1 is 1.21 bits per heavy atom. The smallest absolute Gasteiger partial charge is 0.252 e. The van der Waals surface area contributed by atoms with Gasteiger partial charge in [-0.3, -0.25) is 9.59 Å². The molecule has 1 N–H and O–H groups in total. The lowest BCUT2D eigenvalue weighted by atomic mass is 9.93. The zero-order chi connectivity index (χ0) is 20.1. The summed E-state index contributed by atoms with van der Waals surface area (Å²) < 4.78 is 26.3. The Morgan fingerprint density at radius 3 is 2.64 bits per heavy atom. The summed E-state index contributed by atoms with van der Waals surface area (Å²) in [6.07, 6.45) is 7.15. The standard InChI is InChI=1S/C19H29N3O4S2/c1-21(28(25,26)18-10-6-12-27-18)14-17(23)22-11-5-7-15(13-22)19(24)20-16-8-3-2-4-9-16/h6,10,12,15-16H,2-5,7-9,11,13-14H2,1H3,(H,20,24). The van der Waals surface area contributed by atoms with Gasteiger partial charge in [-0.25, -0.2) is 8.42 Å². The van der Waals surface area contributed by atoms with E-state index in [4.69, 9.17) is 0 Å². The van der Waals surface area contributed by atoms with Crippen molar-refractivity contribution in [3.63, 3.8) is 0 Å². The molecule has 1 aromatic heterocycles. The molecule has 1 aliphatic carbocycles. The summed E-state index contributed by atoms with van der Waals surface area (Å²) in [5.41, 5.74) is 0. The third-order valence-electron chi connectivity index (χ3n) is 5.61. The van der Waals surface area contributed by atoms with Crippen LogP contribution >= 0.6 is 11.3 Å². The van der Waals surface area contributed by atoms with Gasteiger partial charge in [0.2, 0.25) is 11.8 Å². The number of likely N-dealkylation sites (N-methyl/N-ethyl adjacent to an activating group) is 1. The van der Waals surface area contributed by atoms with Crippen LogP contribution < -0.4 is 5.32 Å². The number of hydrogen-bond donors (Lipinski definition) is 1. The molecule has 0 bridgehead atoms. The molecular formula is C19H29N3O4S2. The zero-order valence-electron chi connectivity index (χ0n) is 16.3. The van der Waals surface area contributed by atoms with Crippen LogP contribution in [0.1, 0.15) is 44.9 Å². The summed E-state index contributed by atoms with van der Waals surface area (Å²) in [6.45, 7) is 0.723. The summed E-state index contributed by atoms with van der Waals surface area (Å²) in [6, 6.07) is 3.47. The van der Waals surface area contributed by atoms with E-state index in [-0.39, 0.29) is 34.5 Å². The first-order chi connectivity index (χ1) is 13.4. The predicted octanol–water partition coefficient (Wildman–Crippen LogP) is 2.06. The van der Waals surface area contributed by atoms with Gasteiger partial charge in [-0.2, -0.15) is 4.31 Å². The molecule has 2 heterocycles. The quantitative estimate of drug-likeness (QED) is 0.753. The number of amides is 2. The lowest BCUT2D eigenvalue weighted by molar-refractivity contribution is -0.136. The molecular weight excluding hydrogens is 398 g/mol. The molecule has 0 spiro atoms. The molecule has 7 nitrogen and oxygen atoms in total. The molecule has 2 fully saturated rings. The van der Waals surface area contributed by atoms with Crippen LogP contribution in [0.25, 0.3) is 0 Å². The normalized spacial score (nSPS) is 21.6. The van der Waals surface area contributed by atoms with Gasteiger partial charge in [0.1, 0.15) is 4.21 Å². The number of piperidine rings is 1. The number of thiophene rings is 1. The number of nitrogens with zero attached hydrogens (tertiary/aromatic N) is 2. The Balaban J connectivity index is 1.54. The number of likely N-dealkylation sites (tertiary alicyclic amines) is 1. The van der Waals surface area contributed by atoms with E-state index in [0.29, 0.717) is 13.1 Å². The van der Waals surface area contributed by atoms with Crippen molar-refractivity contribution in [1.29, 1.82) is 0 Å². The average molecular weight is 428 g/mol. The van der Waals surface area contributed by atoms with Crippen molar-refractivity contribution in [2.45, 2.75) is 55.2 Å². The largest absolute Gasteiger partial charge is 0.353 e. The summed E-state index contributed by atoms with van der Waals surface area (Å²) in [5, 5.41) is 4.85. The Morgan fingerprint density at radius 2 is 1.96 bits per heavy atom. The van der Waals surface area contributed by atoms with Crippen LogP contribution in [0, 0.1) is 5.92 Å². The van der Waals surface area contributed by atoms with E-state index in [2.05, 4.69) is 5.32 Å². The predicted molar refractivity (Wildman–Crippen MR) is 108 cm³/mol. The van der Waals surface area contributed by atoms with Crippen molar-refractivity contribution >= 4 is 33.2 Å². The van der Waals surface area contributed by atoms with Gasteiger partial charge in [-0.1, -0.05) is 25.3 Å². The number of rotatable bonds is 6. The highest BCUT2D eigenvalue weighted by atomic mass is 32.2. The molecule has 1 atom stereocenters. The van der Waals surface area contributed by atoms with E-state index >= 15 is 0 Å². The Hall–Kier alpha value is -1.45. The van der Waals surface area contributed by atoms with Crippen LogP contribution in [0.15, 0.2) is 21.7 Å². The Kier molecular flexibility index (Phi) is 7.11. The highest BCUT2D eigenvalue weighted by molar-refractivity contribution is 7.91. The van der Waals surface area contributed by atoms with Crippen molar-refractivity contribution < 1.29 is 18.0 Å². The van der Waals surface area contributed by atoms with Crippen molar-refractivity contribution in [3.05, 3.63) is 17.5 Å². The molecule has 1 aliphatic heterocycles. The van der Waals surface area contributed by atoms with Crippen LogP contribution in [0.5, 0.6) is 0 Å². The number of carbonyl (C=O) groups excluding carboxylic acids is 2. The van der Waals surface area contributed by atoms with Gasteiger partial charge in [-0.15, -0.1) is 11.3 Å². The Bertz CT molecular complexity index is 773. The third kappa shape index (κ3) is 5.12. The summed E-state index contributed by atoms with van der Waals surface area (Å²) in [5.74, 6) is -0.430. The lowest BCUT2D eigenvalue weighted by Gasteiger charge is -2.34.